The lowest BCUT2D eigenvalue weighted by atomic mass is 10.3. The first-order valence-corrected chi connectivity index (χ1v) is 6.43. The van der Waals surface area contributed by atoms with E-state index in [0.717, 1.165) is 10.7 Å². The highest BCUT2D eigenvalue weighted by Gasteiger charge is 2.26. The molecule has 0 radical (unpaired) electrons. The lowest BCUT2D eigenvalue weighted by molar-refractivity contribution is -0.133. The maximum atomic E-state index is 12.0. The zero-order valence-corrected chi connectivity index (χ0v) is 10.7. The molecule has 1 atom stereocenters. The Morgan fingerprint density at radius 1 is 1.59 bits per heavy atom. The summed E-state index contributed by atoms with van der Waals surface area (Å²) >= 11 is 1.57. The van der Waals surface area contributed by atoms with E-state index in [-0.39, 0.29) is 11.8 Å². The predicted molar refractivity (Wildman–Crippen MR) is 64.5 cm³/mol. The number of nitrogens with one attached hydrogen (secondary N) is 1. The predicted octanol–water partition coefficient (Wildman–Crippen LogP) is 0.689. The summed E-state index contributed by atoms with van der Waals surface area (Å²) in [6.07, 6.45) is 0.360. The van der Waals surface area contributed by atoms with E-state index in [1.165, 1.54) is 0 Å². The minimum Gasteiger partial charge on any atom is -0.345 e. The number of rotatable bonds is 2. The van der Waals surface area contributed by atoms with Crippen molar-refractivity contribution in [3.63, 3.8) is 0 Å². The molecule has 0 spiro atoms. The van der Waals surface area contributed by atoms with Crippen LogP contribution >= 0.6 is 11.3 Å². The molecule has 0 bridgehead atoms. The van der Waals surface area contributed by atoms with E-state index in [2.05, 4.69) is 10.3 Å². The molecule has 1 aliphatic heterocycles. The van der Waals surface area contributed by atoms with E-state index in [4.69, 9.17) is 0 Å². The van der Waals surface area contributed by atoms with Crippen molar-refractivity contribution in [3.05, 3.63) is 16.1 Å². The van der Waals surface area contributed by atoms with Crippen LogP contribution in [0.25, 0.3) is 0 Å². The third-order valence-electron chi connectivity index (χ3n) is 2.69. The average Bonchev–Trinajstić information content (AvgIpc) is 2.64. The van der Waals surface area contributed by atoms with Crippen molar-refractivity contribution in [2.45, 2.75) is 32.9 Å². The second-order valence-electron chi connectivity index (χ2n) is 4.16. The molecule has 2 rings (SSSR count). The van der Waals surface area contributed by atoms with Gasteiger partial charge in [0.1, 0.15) is 6.04 Å². The van der Waals surface area contributed by atoms with Gasteiger partial charge in [-0.3, -0.25) is 9.59 Å². The summed E-state index contributed by atoms with van der Waals surface area (Å²) in [7, 11) is 0. The van der Waals surface area contributed by atoms with E-state index in [0.29, 0.717) is 19.5 Å². The Morgan fingerprint density at radius 3 is 3.00 bits per heavy atom. The SMILES string of the molecule is Cc1nc(CN2CCC(=O)NC(C)C2=O)cs1. The molecule has 17 heavy (non-hydrogen) atoms. The topological polar surface area (TPSA) is 62.3 Å². The molecular formula is C11H15N3O2S. The molecular weight excluding hydrogens is 238 g/mol. The summed E-state index contributed by atoms with van der Waals surface area (Å²) in [4.78, 5) is 29.4. The Bertz CT molecular complexity index is 444. The molecule has 0 aromatic carbocycles. The number of aryl methyl sites for hydroxylation is 1. The van der Waals surface area contributed by atoms with Crippen LogP contribution in [0.2, 0.25) is 0 Å². The van der Waals surface area contributed by atoms with Crippen LogP contribution in [-0.4, -0.2) is 34.3 Å². The molecule has 1 saturated heterocycles. The Labute approximate surface area is 104 Å². The Hall–Kier alpha value is -1.43. The molecule has 1 aromatic heterocycles. The quantitative estimate of drug-likeness (QED) is 0.843. The normalized spacial score (nSPS) is 21.3. The Balaban J connectivity index is 2.08. The fourth-order valence-electron chi connectivity index (χ4n) is 1.83. The van der Waals surface area contributed by atoms with Gasteiger partial charge in [-0.25, -0.2) is 4.98 Å². The monoisotopic (exact) mass is 253 g/mol. The molecule has 1 fully saturated rings. The zero-order chi connectivity index (χ0) is 12.4. The standard InChI is InChI=1S/C11H15N3O2S/c1-7-11(16)14(4-3-10(15)12-7)5-9-6-17-8(2)13-9/h6-7H,3-5H2,1-2H3,(H,12,15). The third kappa shape index (κ3) is 2.82. The molecule has 2 amide bonds. The molecule has 1 aromatic rings. The van der Waals surface area contributed by atoms with Crippen molar-refractivity contribution in [1.82, 2.24) is 15.2 Å². The van der Waals surface area contributed by atoms with Crippen LogP contribution in [0.5, 0.6) is 0 Å². The summed E-state index contributed by atoms with van der Waals surface area (Å²) < 4.78 is 0. The third-order valence-corrected chi connectivity index (χ3v) is 3.51. The Morgan fingerprint density at radius 2 is 2.35 bits per heavy atom. The fourth-order valence-corrected chi connectivity index (χ4v) is 2.43. The van der Waals surface area contributed by atoms with Crippen molar-refractivity contribution in [2.24, 2.45) is 0 Å². The van der Waals surface area contributed by atoms with Crippen molar-refractivity contribution < 1.29 is 9.59 Å². The summed E-state index contributed by atoms with van der Waals surface area (Å²) in [6, 6.07) is -0.440. The second-order valence-corrected chi connectivity index (χ2v) is 5.22. The van der Waals surface area contributed by atoms with Crippen LogP contribution in [0, 0.1) is 6.92 Å². The van der Waals surface area contributed by atoms with Crippen LogP contribution in [0.3, 0.4) is 0 Å². The zero-order valence-electron chi connectivity index (χ0n) is 9.90. The van der Waals surface area contributed by atoms with Gasteiger partial charge in [-0.1, -0.05) is 0 Å². The molecule has 0 saturated carbocycles. The fraction of sp³-hybridized carbons (Fsp3) is 0.545. The number of thiazole rings is 1. The Kier molecular flexibility index (Phi) is 3.42. The van der Waals surface area contributed by atoms with Gasteiger partial charge in [-0.2, -0.15) is 0 Å². The minimum atomic E-state index is -0.440. The number of nitrogens with zero attached hydrogens (tertiary/aromatic N) is 2. The van der Waals surface area contributed by atoms with Gasteiger partial charge in [0.2, 0.25) is 11.8 Å². The summed E-state index contributed by atoms with van der Waals surface area (Å²) in [5.74, 6) is -0.107. The van der Waals surface area contributed by atoms with Crippen molar-refractivity contribution in [2.75, 3.05) is 6.54 Å². The van der Waals surface area contributed by atoms with Crippen molar-refractivity contribution in [3.8, 4) is 0 Å². The van der Waals surface area contributed by atoms with Crippen LogP contribution in [0.15, 0.2) is 5.38 Å². The number of aromatic nitrogens is 1. The van der Waals surface area contributed by atoms with Gasteiger partial charge in [0.05, 0.1) is 17.2 Å². The summed E-state index contributed by atoms with van der Waals surface area (Å²) in [5.41, 5.74) is 0.891. The molecule has 6 heteroatoms. The average molecular weight is 253 g/mol. The molecule has 5 nitrogen and oxygen atoms in total. The first-order chi connectivity index (χ1) is 8.06. The van der Waals surface area contributed by atoms with Gasteiger partial charge in [0, 0.05) is 18.3 Å². The smallest absolute Gasteiger partial charge is 0.245 e. The van der Waals surface area contributed by atoms with Gasteiger partial charge < -0.3 is 10.2 Å². The van der Waals surface area contributed by atoms with Crippen molar-refractivity contribution in [1.29, 1.82) is 0 Å². The summed E-state index contributed by atoms with van der Waals surface area (Å²) in [5, 5.41) is 5.61. The molecule has 1 N–H and O–H groups in total. The van der Waals surface area contributed by atoms with Crippen molar-refractivity contribution >= 4 is 23.2 Å². The highest BCUT2D eigenvalue weighted by atomic mass is 32.1. The first kappa shape index (κ1) is 12.0. The maximum Gasteiger partial charge on any atom is 0.245 e. The lowest BCUT2D eigenvalue weighted by Crippen LogP contribution is -2.42. The van der Waals surface area contributed by atoms with Gasteiger partial charge >= 0.3 is 0 Å². The number of hydrogen-bond donors (Lipinski definition) is 1. The molecule has 0 aliphatic carbocycles. The number of carbonyl (C=O) groups excluding carboxylic acids is 2. The highest BCUT2D eigenvalue weighted by Crippen LogP contribution is 2.13. The first-order valence-electron chi connectivity index (χ1n) is 5.55. The molecule has 1 unspecified atom stereocenters. The van der Waals surface area contributed by atoms with E-state index < -0.39 is 6.04 Å². The minimum absolute atomic E-state index is 0.0403. The van der Waals surface area contributed by atoms with E-state index in [9.17, 15) is 9.59 Å². The van der Waals surface area contributed by atoms with E-state index >= 15 is 0 Å². The van der Waals surface area contributed by atoms with E-state index in [1.54, 1.807) is 23.2 Å². The molecule has 92 valence electrons. The van der Waals surface area contributed by atoms with Gasteiger partial charge in [-0.05, 0) is 13.8 Å². The van der Waals surface area contributed by atoms with Gasteiger partial charge in [0.25, 0.3) is 0 Å². The summed E-state index contributed by atoms with van der Waals surface area (Å²) in [6.45, 7) is 4.60. The largest absolute Gasteiger partial charge is 0.345 e. The molecule has 1 aliphatic rings. The van der Waals surface area contributed by atoms with Crippen LogP contribution < -0.4 is 5.32 Å². The van der Waals surface area contributed by atoms with Crippen LogP contribution in [0.4, 0.5) is 0 Å². The van der Waals surface area contributed by atoms with Crippen LogP contribution in [0.1, 0.15) is 24.0 Å². The lowest BCUT2D eigenvalue weighted by Gasteiger charge is -2.21. The van der Waals surface area contributed by atoms with Gasteiger partial charge in [0.15, 0.2) is 0 Å². The highest BCUT2D eigenvalue weighted by molar-refractivity contribution is 7.09. The maximum absolute atomic E-state index is 12.0. The number of amides is 2. The number of hydrogen-bond acceptors (Lipinski definition) is 4. The van der Waals surface area contributed by atoms with Crippen LogP contribution in [-0.2, 0) is 16.1 Å². The van der Waals surface area contributed by atoms with E-state index in [1.807, 2.05) is 12.3 Å². The van der Waals surface area contributed by atoms with Gasteiger partial charge in [-0.15, -0.1) is 11.3 Å². The number of carbonyl (C=O) groups is 2. The second kappa shape index (κ2) is 4.83. The molecule has 2 heterocycles.